The highest BCUT2D eigenvalue weighted by Crippen LogP contribution is 2.39. The fourth-order valence-corrected chi connectivity index (χ4v) is 8.15. The van der Waals surface area contributed by atoms with E-state index in [1.165, 1.54) is 38.8 Å². The summed E-state index contributed by atoms with van der Waals surface area (Å²) in [6.45, 7) is 0. The highest BCUT2D eigenvalue weighted by atomic mass is 16.3. The summed E-state index contributed by atoms with van der Waals surface area (Å²) in [5, 5.41) is 2.33. The van der Waals surface area contributed by atoms with Crippen molar-refractivity contribution in [2.45, 2.75) is 0 Å². The SMILES string of the molecule is c1ccc(-c2ccc(-c3ccc4oc(-c5ccc6c7cc(-c8ccc(-c9ccccc9)cc8)ccc7n(-c7cccc(-c8ccccn8)c7)c6c5)nc4c3)cc2)cc1. The number of fused-ring (bicyclic) bond motifs is 4. The highest BCUT2D eigenvalue weighted by Gasteiger charge is 2.18. The van der Waals surface area contributed by atoms with Gasteiger partial charge in [-0.25, -0.2) is 4.98 Å². The van der Waals surface area contributed by atoms with Gasteiger partial charge < -0.3 is 8.98 Å². The second-order valence-electron chi connectivity index (χ2n) is 14.7. The Kier molecular flexibility index (Phi) is 8.11. The molecule has 0 amide bonds. The van der Waals surface area contributed by atoms with Gasteiger partial charge in [-0.05, 0) is 105 Å². The molecule has 11 aromatic rings. The first-order valence-corrected chi connectivity index (χ1v) is 19.5. The van der Waals surface area contributed by atoms with Crippen LogP contribution in [0.25, 0.3) is 106 Å². The predicted molar refractivity (Wildman–Crippen MR) is 239 cm³/mol. The van der Waals surface area contributed by atoms with E-state index in [9.17, 15) is 0 Å². The maximum Gasteiger partial charge on any atom is 0.227 e. The zero-order valence-corrected chi connectivity index (χ0v) is 31.5. The quantitative estimate of drug-likeness (QED) is 0.163. The molecule has 0 saturated carbocycles. The normalized spacial score (nSPS) is 11.4. The first-order chi connectivity index (χ1) is 28.7. The summed E-state index contributed by atoms with van der Waals surface area (Å²) >= 11 is 0. The van der Waals surface area contributed by atoms with Crippen LogP contribution in [0.4, 0.5) is 0 Å². The lowest BCUT2D eigenvalue weighted by Crippen LogP contribution is -1.95. The molecule has 0 spiro atoms. The number of hydrogen-bond acceptors (Lipinski definition) is 3. The van der Waals surface area contributed by atoms with Gasteiger partial charge >= 0.3 is 0 Å². The van der Waals surface area contributed by atoms with E-state index in [2.05, 4.69) is 192 Å². The van der Waals surface area contributed by atoms with Crippen LogP contribution in [0.3, 0.4) is 0 Å². The molecule has 0 aliphatic heterocycles. The van der Waals surface area contributed by atoms with Crippen LogP contribution >= 0.6 is 0 Å². The van der Waals surface area contributed by atoms with Crippen molar-refractivity contribution in [2.75, 3.05) is 0 Å². The number of benzene rings is 8. The predicted octanol–water partition coefficient (Wildman–Crippen LogP) is 14.3. The topological polar surface area (TPSA) is 43.9 Å². The van der Waals surface area contributed by atoms with Crippen LogP contribution in [-0.4, -0.2) is 14.5 Å². The van der Waals surface area contributed by atoms with Crippen LogP contribution < -0.4 is 0 Å². The monoisotopic (exact) mass is 741 g/mol. The van der Waals surface area contributed by atoms with Gasteiger partial charge in [-0.3, -0.25) is 4.98 Å². The lowest BCUT2D eigenvalue weighted by atomic mass is 9.99. The van der Waals surface area contributed by atoms with Gasteiger partial charge in [-0.1, -0.05) is 146 Å². The van der Waals surface area contributed by atoms with Crippen molar-refractivity contribution in [3.05, 3.63) is 212 Å². The Labute approximate surface area is 336 Å². The average Bonchev–Trinajstić information content (AvgIpc) is 3.88. The molecule has 0 fully saturated rings. The van der Waals surface area contributed by atoms with Gasteiger partial charge in [-0.15, -0.1) is 0 Å². The Morgan fingerprint density at radius 1 is 0.362 bits per heavy atom. The highest BCUT2D eigenvalue weighted by molar-refractivity contribution is 6.11. The van der Waals surface area contributed by atoms with Crippen molar-refractivity contribution < 1.29 is 4.42 Å². The summed E-state index contributed by atoms with van der Waals surface area (Å²) < 4.78 is 8.81. The Morgan fingerprint density at radius 2 is 0.931 bits per heavy atom. The first-order valence-electron chi connectivity index (χ1n) is 19.5. The van der Waals surface area contributed by atoms with Crippen molar-refractivity contribution in [1.82, 2.24) is 14.5 Å². The minimum absolute atomic E-state index is 0.590. The molecule has 0 saturated heterocycles. The standard InChI is InChI=1S/C54H35N3O/c1-3-10-36(11-4-1)38-17-21-40(22-18-38)42-26-29-51-48(33-42)47-28-25-45(35-52(47)57(51)46-15-9-14-44(32-46)49-16-7-8-31-55-49)54-56-50-34-43(27-30-53(50)58-54)41-23-19-39(20-24-41)37-12-5-2-6-13-37/h1-35H. The minimum atomic E-state index is 0.590. The van der Waals surface area contributed by atoms with Gasteiger partial charge in [0.25, 0.3) is 0 Å². The minimum Gasteiger partial charge on any atom is -0.436 e. The van der Waals surface area contributed by atoms with E-state index < -0.39 is 0 Å². The smallest absolute Gasteiger partial charge is 0.227 e. The third-order valence-electron chi connectivity index (χ3n) is 11.1. The van der Waals surface area contributed by atoms with E-state index >= 15 is 0 Å². The second kappa shape index (κ2) is 14.0. The Hall–Kier alpha value is -7.82. The van der Waals surface area contributed by atoms with Gasteiger partial charge in [0, 0.05) is 33.8 Å². The molecule has 8 aromatic carbocycles. The van der Waals surface area contributed by atoms with Crippen LogP contribution in [0.5, 0.6) is 0 Å². The molecule has 0 aliphatic carbocycles. The van der Waals surface area contributed by atoms with Crippen molar-refractivity contribution >= 4 is 32.9 Å². The number of nitrogens with zero attached hydrogens (tertiary/aromatic N) is 3. The zero-order valence-electron chi connectivity index (χ0n) is 31.5. The van der Waals surface area contributed by atoms with Gasteiger partial charge in [0.1, 0.15) is 5.52 Å². The van der Waals surface area contributed by atoms with E-state index in [4.69, 9.17) is 9.40 Å². The molecule has 11 rings (SSSR count). The Balaban J connectivity index is 1.01. The average molecular weight is 742 g/mol. The summed E-state index contributed by atoms with van der Waals surface area (Å²) in [4.78, 5) is 9.70. The van der Waals surface area contributed by atoms with Gasteiger partial charge in [0.15, 0.2) is 5.58 Å². The van der Waals surface area contributed by atoms with Crippen LogP contribution in [0.2, 0.25) is 0 Å². The van der Waals surface area contributed by atoms with Crippen LogP contribution in [-0.2, 0) is 0 Å². The second-order valence-corrected chi connectivity index (χ2v) is 14.7. The molecule has 4 heteroatoms. The maximum atomic E-state index is 6.46. The maximum absolute atomic E-state index is 6.46. The number of oxazole rings is 1. The molecule has 0 unspecified atom stereocenters. The molecule has 0 bridgehead atoms. The third kappa shape index (κ3) is 6.05. The molecule has 3 heterocycles. The van der Waals surface area contributed by atoms with Crippen LogP contribution in [0, 0.1) is 0 Å². The number of hydrogen-bond donors (Lipinski definition) is 0. The molecule has 0 N–H and O–H groups in total. The number of pyridine rings is 1. The molecular formula is C54H35N3O. The Bertz CT molecular complexity index is 3240. The summed E-state index contributed by atoms with van der Waals surface area (Å²) in [5.74, 6) is 0.590. The van der Waals surface area contributed by atoms with Crippen LogP contribution in [0.15, 0.2) is 217 Å². The fourth-order valence-electron chi connectivity index (χ4n) is 8.15. The summed E-state index contributed by atoms with van der Waals surface area (Å²) in [6, 6.07) is 72.8. The molecule has 0 atom stereocenters. The van der Waals surface area contributed by atoms with Gasteiger partial charge in [0.2, 0.25) is 5.89 Å². The molecule has 4 nitrogen and oxygen atoms in total. The lowest BCUT2D eigenvalue weighted by Gasteiger charge is -2.11. The first kappa shape index (κ1) is 33.5. The molecule has 0 aliphatic rings. The van der Waals surface area contributed by atoms with E-state index in [-0.39, 0.29) is 0 Å². The van der Waals surface area contributed by atoms with Gasteiger partial charge in [-0.2, -0.15) is 0 Å². The number of aromatic nitrogens is 3. The Morgan fingerprint density at radius 3 is 1.60 bits per heavy atom. The van der Waals surface area contributed by atoms with Crippen molar-refractivity contribution in [3.8, 4) is 72.9 Å². The largest absolute Gasteiger partial charge is 0.436 e. The van der Waals surface area contributed by atoms with Gasteiger partial charge in [0.05, 0.1) is 16.7 Å². The third-order valence-corrected chi connectivity index (χ3v) is 11.1. The van der Waals surface area contributed by atoms with E-state index in [0.717, 1.165) is 61.2 Å². The molecule has 58 heavy (non-hydrogen) atoms. The molecule has 272 valence electrons. The molecular weight excluding hydrogens is 707 g/mol. The van der Waals surface area contributed by atoms with E-state index in [0.29, 0.717) is 5.89 Å². The summed E-state index contributed by atoms with van der Waals surface area (Å²) in [6.07, 6.45) is 1.84. The summed E-state index contributed by atoms with van der Waals surface area (Å²) in [5.41, 5.74) is 17.1. The zero-order chi connectivity index (χ0) is 38.4. The summed E-state index contributed by atoms with van der Waals surface area (Å²) in [7, 11) is 0. The molecule has 0 radical (unpaired) electrons. The van der Waals surface area contributed by atoms with Crippen LogP contribution in [0.1, 0.15) is 0 Å². The van der Waals surface area contributed by atoms with Crippen molar-refractivity contribution in [2.24, 2.45) is 0 Å². The van der Waals surface area contributed by atoms with E-state index in [1.54, 1.807) is 0 Å². The number of rotatable bonds is 7. The fraction of sp³-hybridized carbons (Fsp3) is 0. The molecule has 3 aromatic heterocycles. The van der Waals surface area contributed by atoms with Crippen molar-refractivity contribution in [3.63, 3.8) is 0 Å². The van der Waals surface area contributed by atoms with Crippen molar-refractivity contribution in [1.29, 1.82) is 0 Å². The lowest BCUT2D eigenvalue weighted by molar-refractivity contribution is 0.620. The van der Waals surface area contributed by atoms with E-state index in [1.807, 2.05) is 30.5 Å².